The predicted octanol–water partition coefficient (Wildman–Crippen LogP) is 2.74. The second-order valence-electron chi connectivity index (χ2n) is 5.43. The van der Waals surface area contributed by atoms with Crippen molar-refractivity contribution in [1.82, 2.24) is 9.88 Å². The number of anilines is 1. The molecule has 1 unspecified atom stereocenters. The summed E-state index contributed by atoms with van der Waals surface area (Å²) >= 11 is 0. The fourth-order valence-electron chi connectivity index (χ4n) is 2.11. The van der Waals surface area contributed by atoms with Gasteiger partial charge in [0, 0.05) is 19.3 Å². The van der Waals surface area contributed by atoms with Crippen molar-refractivity contribution in [1.29, 1.82) is 0 Å². The first kappa shape index (κ1) is 13.6. The van der Waals surface area contributed by atoms with Crippen LogP contribution in [0, 0.1) is 5.41 Å². The van der Waals surface area contributed by atoms with E-state index in [1.807, 2.05) is 7.05 Å². The van der Waals surface area contributed by atoms with Gasteiger partial charge in [-0.1, -0.05) is 6.92 Å². The topological polar surface area (TPSA) is 54.5 Å². The van der Waals surface area contributed by atoms with Gasteiger partial charge in [0.25, 0.3) is 0 Å². The van der Waals surface area contributed by atoms with Gasteiger partial charge in [0.05, 0.1) is 7.11 Å². The molecule has 5 heteroatoms. The normalized spacial score (nSPS) is 17.5. The molecule has 1 aliphatic carbocycles. The van der Waals surface area contributed by atoms with E-state index in [0.717, 1.165) is 0 Å². The van der Waals surface area contributed by atoms with E-state index in [1.54, 1.807) is 23.2 Å². The van der Waals surface area contributed by atoms with E-state index >= 15 is 0 Å². The zero-order valence-corrected chi connectivity index (χ0v) is 11.9. The highest BCUT2D eigenvalue weighted by molar-refractivity contribution is 5.90. The van der Waals surface area contributed by atoms with Crippen LogP contribution in [-0.4, -0.2) is 36.1 Å². The molecule has 1 saturated carbocycles. The molecule has 0 radical (unpaired) electrons. The highest BCUT2D eigenvalue weighted by Gasteiger charge is 2.45. The largest absolute Gasteiger partial charge is 0.480 e. The number of carbonyl (C=O) groups is 1. The maximum absolute atomic E-state index is 12.2. The maximum atomic E-state index is 12.2. The number of nitrogens with one attached hydrogen (secondary N) is 1. The lowest BCUT2D eigenvalue weighted by Gasteiger charge is -2.30. The van der Waals surface area contributed by atoms with Crippen molar-refractivity contribution in [2.75, 3.05) is 19.5 Å². The Balaban J connectivity index is 2.04. The molecule has 0 spiro atoms. The third-order valence-corrected chi connectivity index (χ3v) is 4.15. The number of urea groups is 1. The summed E-state index contributed by atoms with van der Waals surface area (Å²) in [6, 6.07) is 3.63. The SMILES string of the molecule is COc1ncccc1NC(=O)N(C)C(C)C1(C)CC1. The molecule has 2 amide bonds. The Morgan fingerprint density at radius 1 is 1.58 bits per heavy atom. The molecule has 1 fully saturated rings. The van der Waals surface area contributed by atoms with Crippen molar-refractivity contribution in [3.63, 3.8) is 0 Å². The lowest BCUT2D eigenvalue weighted by molar-refractivity contribution is 0.183. The summed E-state index contributed by atoms with van der Waals surface area (Å²) < 4.78 is 5.12. The Bertz CT molecular complexity index is 472. The first-order valence-electron chi connectivity index (χ1n) is 6.51. The lowest BCUT2D eigenvalue weighted by atomic mass is 10.00. The first-order chi connectivity index (χ1) is 8.98. The first-order valence-corrected chi connectivity index (χ1v) is 6.51. The number of ether oxygens (including phenoxy) is 1. The van der Waals surface area contributed by atoms with Crippen molar-refractivity contribution >= 4 is 11.7 Å². The second-order valence-corrected chi connectivity index (χ2v) is 5.43. The van der Waals surface area contributed by atoms with Crippen LogP contribution in [0.1, 0.15) is 26.7 Å². The predicted molar refractivity (Wildman–Crippen MR) is 74.4 cm³/mol. The standard InChI is InChI=1S/C14H21N3O2/c1-10(14(2)7-8-14)17(3)13(18)16-11-6-5-9-15-12(11)19-4/h5-6,9-10H,7-8H2,1-4H3,(H,16,18). The molecule has 0 aliphatic heterocycles. The van der Waals surface area contributed by atoms with Gasteiger partial charge < -0.3 is 15.0 Å². The number of hydrogen-bond acceptors (Lipinski definition) is 3. The van der Waals surface area contributed by atoms with Gasteiger partial charge in [-0.3, -0.25) is 0 Å². The van der Waals surface area contributed by atoms with Gasteiger partial charge in [-0.2, -0.15) is 0 Å². The van der Waals surface area contributed by atoms with Gasteiger partial charge in [-0.15, -0.1) is 0 Å². The number of methoxy groups -OCH3 is 1. The zero-order valence-electron chi connectivity index (χ0n) is 11.9. The fourth-order valence-corrected chi connectivity index (χ4v) is 2.11. The van der Waals surface area contributed by atoms with E-state index < -0.39 is 0 Å². The molecule has 19 heavy (non-hydrogen) atoms. The number of aromatic nitrogens is 1. The van der Waals surface area contributed by atoms with E-state index in [1.165, 1.54) is 20.0 Å². The number of hydrogen-bond donors (Lipinski definition) is 1. The van der Waals surface area contributed by atoms with Crippen LogP contribution in [0.4, 0.5) is 10.5 Å². The summed E-state index contributed by atoms with van der Waals surface area (Å²) in [5, 5.41) is 2.84. The molecule has 0 aromatic carbocycles. The van der Waals surface area contributed by atoms with E-state index in [0.29, 0.717) is 11.6 Å². The molecule has 2 rings (SSSR count). The van der Waals surface area contributed by atoms with Crippen molar-refractivity contribution < 1.29 is 9.53 Å². The molecule has 104 valence electrons. The average molecular weight is 263 g/mol. The highest BCUT2D eigenvalue weighted by Crippen LogP contribution is 2.49. The Labute approximate surface area is 114 Å². The molecule has 0 saturated heterocycles. The molecule has 1 N–H and O–H groups in total. The smallest absolute Gasteiger partial charge is 0.321 e. The Morgan fingerprint density at radius 3 is 2.84 bits per heavy atom. The van der Waals surface area contributed by atoms with Crippen LogP contribution in [-0.2, 0) is 0 Å². The summed E-state index contributed by atoms with van der Waals surface area (Å²) in [5.74, 6) is 0.425. The van der Waals surface area contributed by atoms with Gasteiger partial charge in [-0.25, -0.2) is 9.78 Å². The van der Waals surface area contributed by atoms with Crippen molar-refractivity contribution in [3.8, 4) is 5.88 Å². The van der Waals surface area contributed by atoms with Gasteiger partial charge in [0.2, 0.25) is 5.88 Å². The van der Waals surface area contributed by atoms with Crippen LogP contribution >= 0.6 is 0 Å². The number of rotatable bonds is 4. The third-order valence-electron chi connectivity index (χ3n) is 4.15. The summed E-state index contributed by atoms with van der Waals surface area (Å²) in [7, 11) is 3.36. The number of nitrogens with zero attached hydrogens (tertiary/aromatic N) is 2. The van der Waals surface area contributed by atoms with Crippen LogP contribution in [0.3, 0.4) is 0 Å². The Morgan fingerprint density at radius 2 is 2.26 bits per heavy atom. The minimum atomic E-state index is -0.132. The van der Waals surface area contributed by atoms with Crippen molar-refractivity contribution in [2.24, 2.45) is 5.41 Å². The lowest BCUT2D eigenvalue weighted by Crippen LogP contribution is -2.42. The minimum Gasteiger partial charge on any atom is -0.480 e. The minimum absolute atomic E-state index is 0.132. The molecule has 1 atom stereocenters. The zero-order chi connectivity index (χ0) is 14.0. The maximum Gasteiger partial charge on any atom is 0.321 e. The summed E-state index contributed by atoms with van der Waals surface area (Å²) in [6.07, 6.45) is 4.00. The molecule has 1 aromatic heterocycles. The molecular formula is C14H21N3O2. The van der Waals surface area contributed by atoms with Gasteiger partial charge >= 0.3 is 6.03 Å². The van der Waals surface area contributed by atoms with Gasteiger partial charge in [0.15, 0.2) is 0 Å². The highest BCUT2D eigenvalue weighted by atomic mass is 16.5. The molecule has 1 aliphatic rings. The van der Waals surface area contributed by atoms with Gasteiger partial charge in [-0.05, 0) is 37.3 Å². The molecule has 1 aromatic rings. The second kappa shape index (κ2) is 5.07. The molecule has 0 bridgehead atoms. The quantitative estimate of drug-likeness (QED) is 0.908. The number of amides is 2. The fraction of sp³-hybridized carbons (Fsp3) is 0.571. The number of pyridine rings is 1. The summed E-state index contributed by atoms with van der Waals surface area (Å²) in [5.41, 5.74) is 0.862. The monoisotopic (exact) mass is 263 g/mol. The summed E-state index contributed by atoms with van der Waals surface area (Å²) in [6.45, 7) is 4.30. The Hall–Kier alpha value is -1.78. The summed E-state index contributed by atoms with van der Waals surface area (Å²) in [4.78, 5) is 18.0. The van der Waals surface area contributed by atoms with E-state index in [2.05, 4.69) is 24.1 Å². The third kappa shape index (κ3) is 2.80. The van der Waals surface area contributed by atoms with Crippen LogP contribution in [0.5, 0.6) is 5.88 Å². The van der Waals surface area contributed by atoms with E-state index in [-0.39, 0.29) is 17.5 Å². The molecular weight excluding hydrogens is 242 g/mol. The molecule has 5 nitrogen and oxygen atoms in total. The van der Waals surface area contributed by atoms with Crippen LogP contribution in [0.2, 0.25) is 0 Å². The van der Waals surface area contributed by atoms with Crippen LogP contribution < -0.4 is 10.1 Å². The van der Waals surface area contributed by atoms with E-state index in [9.17, 15) is 4.79 Å². The average Bonchev–Trinajstić information content (AvgIpc) is 3.17. The molecule has 1 heterocycles. The van der Waals surface area contributed by atoms with Gasteiger partial charge in [0.1, 0.15) is 5.69 Å². The van der Waals surface area contributed by atoms with E-state index in [4.69, 9.17) is 4.74 Å². The van der Waals surface area contributed by atoms with Crippen LogP contribution in [0.25, 0.3) is 0 Å². The Kier molecular flexibility index (Phi) is 3.64. The van der Waals surface area contributed by atoms with Crippen LogP contribution in [0.15, 0.2) is 18.3 Å². The number of carbonyl (C=O) groups excluding carboxylic acids is 1. The van der Waals surface area contributed by atoms with Crippen molar-refractivity contribution in [3.05, 3.63) is 18.3 Å². The van der Waals surface area contributed by atoms with Crippen molar-refractivity contribution in [2.45, 2.75) is 32.7 Å².